The van der Waals surface area contributed by atoms with Crippen LogP contribution in [0.4, 0.5) is 4.79 Å². The summed E-state index contributed by atoms with van der Waals surface area (Å²) in [6, 6.07) is 15.5. The Labute approximate surface area is 530 Å². The maximum absolute atomic E-state index is 15.0. The molecule has 89 heavy (non-hydrogen) atoms. The summed E-state index contributed by atoms with van der Waals surface area (Å²) in [6.45, 7) is 6.79. The molecule has 1 unspecified atom stereocenters. The summed E-state index contributed by atoms with van der Waals surface area (Å²) in [7, 11) is 0. The van der Waals surface area contributed by atoms with Gasteiger partial charge < -0.3 is 79.3 Å². The van der Waals surface area contributed by atoms with E-state index >= 15 is 0 Å². The van der Waals surface area contributed by atoms with Crippen LogP contribution in [0, 0.1) is 0 Å². The third-order valence-electron chi connectivity index (χ3n) is 16.5. The Balaban J connectivity index is 1.49. The molecule has 2 aromatic carbocycles. The number of carbonyl (C=O) groups is 10. The normalized spacial score (nSPS) is 16.8. The Hall–Kier alpha value is -6.87. The maximum Gasteiger partial charge on any atom is 0.315 e. The van der Waals surface area contributed by atoms with Crippen LogP contribution in [-0.2, 0) is 43.2 Å². The minimum Gasteiger partial charge on any atom is -0.368 e. The maximum atomic E-state index is 15.0. The van der Waals surface area contributed by atoms with E-state index in [1.165, 1.54) is 36.3 Å². The van der Waals surface area contributed by atoms with Gasteiger partial charge in [0.25, 0.3) is 0 Å². The van der Waals surface area contributed by atoms with E-state index in [-0.39, 0.29) is 73.8 Å². The van der Waals surface area contributed by atoms with Crippen LogP contribution in [0.3, 0.4) is 0 Å². The molecule has 0 radical (unpaired) electrons. The molecule has 0 bridgehead atoms. The van der Waals surface area contributed by atoms with Gasteiger partial charge in [-0.3, -0.25) is 43.2 Å². The summed E-state index contributed by atoms with van der Waals surface area (Å²) in [4.78, 5) is 145. The topological polar surface area (TPSA) is 368 Å². The van der Waals surface area contributed by atoms with Crippen LogP contribution >= 0.6 is 11.8 Å². The fourth-order valence-corrected chi connectivity index (χ4v) is 12.7. The van der Waals surface area contributed by atoms with Crippen molar-refractivity contribution in [2.45, 2.75) is 159 Å². The standard InChI is InChI=1S/C63H103N15O10S/c1-46(49-23-7-5-8-24-49)77(39-54(81)70-51(61(68)87)27-13-18-34-69-53(80)29-12-11-28-52-60-63(4,45-89-52)72-62(88)71-60)58(85)42-76(38-22-17-33-67)57(84)44-78(47(2)50-25-9-6-10-26-50)59(86)43-75(37-21-16-32-66)56(83)41-74(36-20-15-31-65)55(82)40-73(48(3)79)35-19-14-30-64/h5-10,23-26,46-47,51-52,60H,11-22,27-45,64-67H2,1-4H3,(H2,68,87)(H,69,80)(H,70,81)(H2,71,72,88)/t46-,47-,51-,52?,60+,63-/m0/s1. The number of benzene rings is 2. The number of hydrogen-bond donors (Lipinski definition) is 9. The van der Waals surface area contributed by atoms with Gasteiger partial charge in [-0.15, -0.1) is 0 Å². The highest BCUT2D eigenvalue weighted by Crippen LogP contribution is 2.39. The van der Waals surface area contributed by atoms with E-state index < -0.39 is 85.7 Å². The molecule has 0 saturated carbocycles. The highest BCUT2D eigenvalue weighted by Gasteiger charge is 2.51. The molecule has 2 aliphatic rings. The molecule has 2 aliphatic heterocycles. The molecule has 496 valence electrons. The van der Waals surface area contributed by atoms with E-state index in [1.807, 2.05) is 48.2 Å². The molecule has 2 saturated heterocycles. The zero-order valence-corrected chi connectivity index (χ0v) is 54.0. The lowest BCUT2D eigenvalue weighted by molar-refractivity contribution is -0.149. The van der Waals surface area contributed by atoms with Gasteiger partial charge >= 0.3 is 6.03 Å². The zero-order chi connectivity index (χ0) is 65.3. The number of urea groups is 1. The smallest absolute Gasteiger partial charge is 0.315 e. The SMILES string of the molecule is CC(=O)N(CCCCN)CC(=O)N(CCCCN)CC(=O)N(CCCCN)CC(=O)N(CC(=O)N(CCCCN)CC(=O)N(CC(=O)N[C@@H](CCCCNC(=O)CCCCC1SC[C@]2(C)NC(=O)N[C@H]12)C(N)=O)[C@@H](C)c1ccccc1)[C@@H](C)c1ccccc1. The van der Waals surface area contributed by atoms with Gasteiger partial charge in [-0.2, -0.15) is 11.8 Å². The molecule has 6 atom stereocenters. The lowest BCUT2D eigenvalue weighted by Crippen LogP contribution is -2.53. The Kier molecular flexibility index (Phi) is 33.5. The summed E-state index contributed by atoms with van der Waals surface area (Å²) in [5, 5.41) is 12.0. The van der Waals surface area contributed by atoms with Gasteiger partial charge in [-0.25, -0.2) is 4.79 Å². The highest BCUT2D eigenvalue weighted by molar-refractivity contribution is 8.00. The summed E-state index contributed by atoms with van der Waals surface area (Å²) >= 11 is 1.84. The van der Waals surface area contributed by atoms with Crippen molar-refractivity contribution in [2.75, 3.05) is 104 Å². The molecule has 4 rings (SSSR count). The monoisotopic (exact) mass is 1260 g/mol. The molecule has 0 aliphatic carbocycles. The Morgan fingerprint density at radius 2 is 1.02 bits per heavy atom. The van der Waals surface area contributed by atoms with Crippen molar-refractivity contribution < 1.29 is 47.9 Å². The zero-order valence-electron chi connectivity index (χ0n) is 53.1. The number of nitrogens with zero attached hydrogens (tertiary/aromatic N) is 6. The van der Waals surface area contributed by atoms with Crippen molar-refractivity contribution in [3.63, 3.8) is 0 Å². The predicted molar refractivity (Wildman–Crippen MR) is 345 cm³/mol. The second-order valence-electron chi connectivity index (χ2n) is 23.5. The van der Waals surface area contributed by atoms with Gasteiger partial charge in [0.1, 0.15) is 19.1 Å². The van der Waals surface area contributed by atoms with E-state index in [2.05, 4.69) is 28.2 Å². The van der Waals surface area contributed by atoms with Crippen LogP contribution in [0.1, 0.15) is 147 Å². The number of nitrogens with two attached hydrogens (primary N) is 5. The first-order valence-electron chi connectivity index (χ1n) is 31.8. The molecule has 2 aromatic rings. The quantitative estimate of drug-likeness (QED) is 0.0338. The molecular formula is C63H103N15O10S. The summed E-state index contributed by atoms with van der Waals surface area (Å²) < 4.78 is 0. The van der Waals surface area contributed by atoms with E-state index in [9.17, 15) is 47.9 Å². The van der Waals surface area contributed by atoms with Gasteiger partial charge in [-0.05, 0) is 142 Å². The first-order chi connectivity index (χ1) is 42.7. The second-order valence-corrected chi connectivity index (χ2v) is 24.8. The minimum absolute atomic E-state index is 0.0654. The molecule has 0 aromatic heterocycles. The third-order valence-corrected chi connectivity index (χ3v) is 18.2. The number of nitrogens with one attached hydrogen (secondary N) is 4. The number of hydrogen-bond acceptors (Lipinski definition) is 15. The van der Waals surface area contributed by atoms with Crippen LogP contribution in [0.2, 0.25) is 0 Å². The fraction of sp³-hybridized carbons (Fsp3) is 0.651. The lowest BCUT2D eigenvalue weighted by atomic mass is 9.92. The van der Waals surface area contributed by atoms with Crippen molar-refractivity contribution in [1.29, 1.82) is 0 Å². The summed E-state index contributed by atoms with van der Waals surface area (Å²) in [6.07, 6.45) is 8.11. The van der Waals surface area contributed by atoms with Crippen LogP contribution in [-0.4, -0.2) is 215 Å². The van der Waals surface area contributed by atoms with Crippen LogP contribution in [0.15, 0.2) is 60.7 Å². The van der Waals surface area contributed by atoms with Crippen molar-refractivity contribution >= 4 is 71.0 Å². The summed E-state index contributed by atoms with van der Waals surface area (Å²) in [5.41, 5.74) is 30.2. The molecule has 2 fully saturated rings. The van der Waals surface area contributed by atoms with E-state index in [0.717, 1.165) is 18.6 Å². The molecule has 0 spiro atoms. The minimum atomic E-state index is -1.09. The van der Waals surface area contributed by atoms with Gasteiger partial charge in [0.15, 0.2) is 0 Å². The average molecular weight is 1260 g/mol. The van der Waals surface area contributed by atoms with Crippen molar-refractivity contribution in [1.82, 2.24) is 50.7 Å². The van der Waals surface area contributed by atoms with E-state index in [1.54, 1.807) is 38.1 Å². The second kappa shape index (κ2) is 40.0. The van der Waals surface area contributed by atoms with Crippen LogP contribution in [0.25, 0.3) is 0 Å². The van der Waals surface area contributed by atoms with E-state index in [4.69, 9.17) is 28.7 Å². The van der Waals surface area contributed by atoms with Crippen molar-refractivity contribution in [3.8, 4) is 0 Å². The van der Waals surface area contributed by atoms with Gasteiger partial charge in [0.2, 0.25) is 53.2 Å². The predicted octanol–water partition coefficient (Wildman–Crippen LogP) is 1.83. The first-order valence-corrected chi connectivity index (χ1v) is 32.8. The Morgan fingerprint density at radius 3 is 1.49 bits per heavy atom. The van der Waals surface area contributed by atoms with Crippen molar-refractivity contribution in [2.24, 2.45) is 28.7 Å². The van der Waals surface area contributed by atoms with Gasteiger partial charge in [-0.1, -0.05) is 67.1 Å². The van der Waals surface area contributed by atoms with Crippen molar-refractivity contribution in [3.05, 3.63) is 71.8 Å². The van der Waals surface area contributed by atoms with Crippen LogP contribution < -0.4 is 49.9 Å². The molecule has 2 heterocycles. The Bertz CT molecular complexity index is 2570. The molecular weight excluding hydrogens is 1160 g/mol. The number of thioether (sulfide) groups is 1. The summed E-state index contributed by atoms with van der Waals surface area (Å²) in [5.74, 6) is -3.70. The number of carbonyl (C=O) groups excluding carboxylic acids is 10. The number of rotatable bonds is 44. The number of unbranched alkanes of at least 4 members (excludes halogenated alkanes) is 6. The largest absolute Gasteiger partial charge is 0.368 e. The average Bonchev–Trinajstić information content (AvgIpc) is 1.77. The number of fused-ring (bicyclic) bond motifs is 1. The molecule has 25 nitrogen and oxygen atoms in total. The first kappa shape index (κ1) is 74.6. The lowest BCUT2D eigenvalue weighted by Gasteiger charge is -2.35. The van der Waals surface area contributed by atoms with Gasteiger partial charge in [0, 0.05) is 57.1 Å². The molecule has 26 heteroatoms. The number of amides is 11. The van der Waals surface area contributed by atoms with E-state index in [0.29, 0.717) is 127 Å². The molecule has 14 N–H and O–H groups in total. The molecule has 11 amide bonds. The van der Waals surface area contributed by atoms with Gasteiger partial charge in [0.05, 0.1) is 49.8 Å². The Morgan fingerprint density at radius 1 is 0.573 bits per heavy atom. The van der Waals surface area contributed by atoms with Crippen LogP contribution in [0.5, 0.6) is 0 Å². The third kappa shape index (κ3) is 25.5. The fourth-order valence-electron chi connectivity index (χ4n) is 11.0. The number of primary amides is 1. The highest BCUT2D eigenvalue weighted by atomic mass is 32.2.